The van der Waals surface area contributed by atoms with Gasteiger partial charge in [0.05, 0.1) is 22.6 Å². The lowest BCUT2D eigenvalue weighted by atomic mass is 9.91. The fourth-order valence-electron chi connectivity index (χ4n) is 2.78. The minimum absolute atomic E-state index is 0.0711. The van der Waals surface area contributed by atoms with Crippen LogP contribution in [0.25, 0.3) is 0 Å². The molecule has 134 valence electrons. The number of carbonyl (C=O) groups is 1. The zero-order valence-electron chi connectivity index (χ0n) is 14.4. The molecule has 0 unspecified atom stereocenters. The van der Waals surface area contributed by atoms with Crippen molar-refractivity contribution in [1.82, 2.24) is 5.43 Å². The molecule has 0 bridgehead atoms. The van der Waals surface area contributed by atoms with E-state index in [9.17, 15) is 14.9 Å². The quantitative estimate of drug-likeness (QED) is 0.412. The van der Waals surface area contributed by atoms with Crippen LogP contribution in [0.15, 0.2) is 90.0 Å². The first-order valence-electron chi connectivity index (χ1n) is 8.33. The van der Waals surface area contributed by atoms with Crippen LogP contribution in [0.1, 0.15) is 22.6 Å². The summed E-state index contributed by atoms with van der Waals surface area (Å²) in [6.07, 6.45) is 1.28. The fraction of sp³-hybridized carbons (Fsp3) is 0.0476. The number of carbonyl (C=O) groups excluding carboxylic acids is 1. The van der Waals surface area contributed by atoms with Gasteiger partial charge in [-0.2, -0.15) is 5.10 Å². The predicted molar refractivity (Wildman–Crippen MR) is 104 cm³/mol. The van der Waals surface area contributed by atoms with E-state index < -0.39 is 10.8 Å². The van der Waals surface area contributed by atoms with Crippen molar-refractivity contribution < 1.29 is 9.72 Å². The van der Waals surface area contributed by atoms with E-state index >= 15 is 0 Å². The van der Waals surface area contributed by atoms with E-state index in [0.717, 1.165) is 11.1 Å². The third kappa shape index (κ3) is 4.43. The smallest absolute Gasteiger partial charge is 0.272 e. The molecule has 6 heteroatoms. The maximum Gasteiger partial charge on any atom is 0.278 e. The Morgan fingerprint density at radius 3 is 1.96 bits per heavy atom. The lowest BCUT2D eigenvalue weighted by molar-refractivity contribution is -0.385. The van der Waals surface area contributed by atoms with Gasteiger partial charge in [0.25, 0.3) is 11.6 Å². The minimum atomic E-state index is -0.532. The number of amides is 1. The van der Waals surface area contributed by atoms with Crippen molar-refractivity contribution in [1.29, 1.82) is 0 Å². The van der Waals surface area contributed by atoms with Crippen LogP contribution in [0.5, 0.6) is 0 Å². The van der Waals surface area contributed by atoms with Crippen LogP contribution in [0, 0.1) is 10.1 Å². The molecule has 6 nitrogen and oxygen atoms in total. The second-order valence-corrected chi connectivity index (χ2v) is 5.80. The lowest BCUT2D eigenvalue weighted by Crippen LogP contribution is -2.26. The van der Waals surface area contributed by atoms with E-state index in [1.807, 2.05) is 60.7 Å². The molecule has 3 aromatic carbocycles. The zero-order chi connectivity index (χ0) is 19.1. The third-order valence-electron chi connectivity index (χ3n) is 4.04. The summed E-state index contributed by atoms with van der Waals surface area (Å²) in [5, 5.41) is 15.0. The van der Waals surface area contributed by atoms with E-state index in [-0.39, 0.29) is 11.6 Å². The molecule has 0 aliphatic heterocycles. The Hall–Kier alpha value is -3.80. The van der Waals surface area contributed by atoms with E-state index in [2.05, 4.69) is 10.5 Å². The number of hydrogen-bond acceptors (Lipinski definition) is 4. The molecule has 0 saturated heterocycles. The highest BCUT2D eigenvalue weighted by Gasteiger charge is 2.22. The first-order valence-corrected chi connectivity index (χ1v) is 8.33. The summed E-state index contributed by atoms with van der Waals surface area (Å²) in [5.41, 5.74) is 4.42. The lowest BCUT2D eigenvalue weighted by Gasteiger charge is -2.16. The number of hydrogen-bond donors (Lipinski definition) is 1. The van der Waals surface area contributed by atoms with E-state index in [4.69, 9.17) is 0 Å². The molecule has 0 atom stereocenters. The second kappa shape index (κ2) is 8.53. The van der Waals surface area contributed by atoms with Crippen molar-refractivity contribution in [2.45, 2.75) is 5.92 Å². The van der Waals surface area contributed by atoms with Crippen molar-refractivity contribution in [3.05, 3.63) is 112 Å². The van der Waals surface area contributed by atoms with Crippen LogP contribution in [0.3, 0.4) is 0 Å². The van der Waals surface area contributed by atoms with Crippen LogP contribution >= 0.6 is 0 Å². The molecular weight excluding hydrogens is 342 g/mol. The number of nitrogens with one attached hydrogen (secondary N) is 1. The summed E-state index contributed by atoms with van der Waals surface area (Å²) in [7, 11) is 0. The molecule has 1 amide bonds. The third-order valence-corrected chi connectivity index (χ3v) is 4.04. The van der Waals surface area contributed by atoms with Gasteiger partial charge in [-0.25, -0.2) is 5.43 Å². The molecule has 1 N–H and O–H groups in total. The number of nitro benzene ring substituents is 1. The maximum atomic E-state index is 12.8. The van der Waals surface area contributed by atoms with Crippen molar-refractivity contribution in [3.63, 3.8) is 0 Å². The molecule has 27 heavy (non-hydrogen) atoms. The Morgan fingerprint density at radius 2 is 1.41 bits per heavy atom. The molecule has 0 radical (unpaired) electrons. The van der Waals surface area contributed by atoms with Gasteiger partial charge in [0, 0.05) is 6.07 Å². The Morgan fingerprint density at radius 1 is 0.889 bits per heavy atom. The van der Waals surface area contributed by atoms with Gasteiger partial charge in [0.1, 0.15) is 0 Å². The van der Waals surface area contributed by atoms with Gasteiger partial charge in [-0.05, 0) is 17.2 Å². The van der Waals surface area contributed by atoms with E-state index in [0.29, 0.717) is 5.56 Å². The van der Waals surface area contributed by atoms with Crippen LogP contribution < -0.4 is 5.43 Å². The number of nitrogens with zero attached hydrogens (tertiary/aromatic N) is 2. The van der Waals surface area contributed by atoms with Crippen LogP contribution in [-0.4, -0.2) is 17.0 Å². The molecule has 0 heterocycles. The highest BCUT2D eigenvalue weighted by molar-refractivity contribution is 5.90. The van der Waals surface area contributed by atoms with Crippen molar-refractivity contribution in [2.75, 3.05) is 0 Å². The van der Waals surface area contributed by atoms with Crippen LogP contribution in [0.2, 0.25) is 0 Å². The molecule has 0 aliphatic carbocycles. The average molecular weight is 359 g/mol. The summed E-state index contributed by atoms with van der Waals surface area (Å²) in [6, 6.07) is 25.0. The van der Waals surface area contributed by atoms with Crippen molar-refractivity contribution in [2.24, 2.45) is 5.10 Å². The molecule has 3 aromatic rings. The molecule has 0 fully saturated rings. The predicted octanol–water partition coefficient (Wildman–Crippen LogP) is 3.88. The van der Waals surface area contributed by atoms with Gasteiger partial charge >= 0.3 is 0 Å². The Balaban J connectivity index is 1.83. The number of rotatable bonds is 6. The summed E-state index contributed by atoms with van der Waals surface area (Å²) >= 11 is 0. The normalized spacial score (nSPS) is 10.9. The highest BCUT2D eigenvalue weighted by atomic mass is 16.6. The van der Waals surface area contributed by atoms with Gasteiger partial charge in [-0.3, -0.25) is 14.9 Å². The minimum Gasteiger partial charge on any atom is -0.272 e. The molecule has 0 aliphatic rings. The number of benzene rings is 3. The molecule has 3 rings (SSSR count). The first-order chi connectivity index (χ1) is 13.2. The molecule has 0 saturated carbocycles. The van der Waals surface area contributed by atoms with E-state index in [1.165, 1.54) is 12.3 Å². The maximum absolute atomic E-state index is 12.8. The van der Waals surface area contributed by atoms with Gasteiger partial charge < -0.3 is 0 Å². The van der Waals surface area contributed by atoms with Crippen molar-refractivity contribution >= 4 is 17.8 Å². The first kappa shape index (κ1) is 18.0. The largest absolute Gasteiger partial charge is 0.278 e. The Labute approximate surface area is 156 Å². The molecular formula is C21H17N3O3. The number of hydrazone groups is 1. The van der Waals surface area contributed by atoms with Crippen molar-refractivity contribution in [3.8, 4) is 0 Å². The van der Waals surface area contributed by atoms with Crippen LogP contribution in [0.4, 0.5) is 5.69 Å². The summed E-state index contributed by atoms with van der Waals surface area (Å²) in [4.78, 5) is 23.4. The highest BCUT2D eigenvalue weighted by Crippen LogP contribution is 2.24. The Bertz CT molecular complexity index is 917. The van der Waals surface area contributed by atoms with Gasteiger partial charge in [-0.15, -0.1) is 0 Å². The summed E-state index contributed by atoms with van der Waals surface area (Å²) in [5.74, 6) is -0.849. The van der Waals surface area contributed by atoms with Crippen LogP contribution in [-0.2, 0) is 4.79 Å². The SMILES string of the molecule is O=C(N/N=C/c1ccccc1[N+](=O)[O-])C(c1ccccc1)c1ccccc1. The van der Waals surface area contributed by atoms with Gasteiger partial charge in [0.15, 0.2) is 0 Å². The number of para-hydroxylation sites is 1. The molecule has 0 spiro atoms. The van der Waals surface area contributed by atoms with Gasteiger partial charge in [-0.1, -0.05) is 72.8 Å². The fourth-order valence-corrected chi connectivity index (χ4v) is 2.78. The van der Waals surface area contributed by atoms with Gasteiger partial charge in [0.2, 0.25) is 0 Å². The topological polar surface area (TPSA) is 84.6 Å². The molecule has 0 aromatic heterocycles. The van der Waals surface area contributed by atoms with E-state index in [1.54, 1.807) is 18.2 Å². The number of nitro groups is 1. The zero-order valence-corrected chi connectivity index (χ0v) is 14.4. The second-order valence-electron chi connectivity index (χ2n) is 5.80. The summed E-state index contributed by atoms with van der Waals surface area (Å²) < 4.78 is 0. The average Bonchev–Trinajstić information content (AvgIpc) is 2.70. The monoisotopic (exact) mass is 359 g/mol. The summed E-state index contributed by atoms with van der Waals surface area (Å²) in [6.45, 7) is 0. The Kier molecular flexibility index (Phi) is 5.69. The standard InChI is InChI=1S/C21H17N3O3/c25-21(23-22-15-18-13-7-8-14-19(18)24(26)27)20(16-9-3-1-4-10-16)17-11-5-2-6-12-17/h1-15,20H,(H,23,25)/b22-15+.